The van der Waals surface area contributed by atoms with Gasteiger partial charge in [0.2, 0.25) is 0 Å². The highest BCUT2D eigenvalue weighted by molar-refractivity contribution is 6.00. The van der Waals surface area contributed by atoms with Crippen LogP contribution in [-0.2, 0) is 11.3 Å². The molecule has 2 aromatic rings. The van der Waals surface area contributed by atoms with Gasteiger partial charge in [-0.2, -0.15) is 0 Å². The number of nitrogens with one attached hydrogen (secondary N) is 2. The molecule has 29 heavy (non-hydrogen) atoms. The van der Waals surface area contributed by atoms with Crippen LogP contribution in [-0.4, -0.2) is 37.2 Å². The van der Waals surface area contributed by atoms with Gasteiger partial charge >= 0.3 is 6.09 Å². The van der Waals surface area contributed by atoms with Crippen LogP contribution in [0.3, 0.4) is 0 Å². The molecule has 6 nitrogen and oxygen atoms in total. The summed E-state index contributed by atoms with van der Waals surface area (Å²) in [5.74, 6) is 0.00726. The van der Waals surface area contributed by atoms with Gasteiger partial charge < -0.3 is 20.3 Å². The van der Waals surface area contributed by atoms with Gasteiger partial charge in [0.1, 0.15) is 6.61 Å². The van der Waals surface area contributed by atoms with Crippen LogP contribution in [0.15, 0.2) is 54.6 Å². The molecule has 152 valence electrons. The van der Waals surface area contributed by atoms with E-state index in [0.29, 0.717) is 6.04 Å². The molecule has 2 aromatic carbocycles. The lowest BCUT2D eigenvalue weighted by molar-refractivity contribution is 0.0951. The maximum Gasteiger partial charge on any atom is 0.407 e. The fourth-order valence-corrected chi connectivity index (χ4v) is 3.63. The highest BCUT2D eigenvalue weighted by atomic mass is 16.5. The third-order valence-electron chi connectivity index (χ3n) is 5.43. The molecule has 2 N–H and O–H groups in total. The second-order valence-electron chi connectivity index (χ2n) is 7.73. The van der Waals surface area contributed by atoms with Crippen molar-refractivity contribution in [3.05, 3.63) is 65.7 Å². The molecular formula is C23H27N3O3. The Hall–Kier alpha value is -3.02. The van der Waals surface area contributed by atoms with E-state index in [0.717, 1.165) is 55.6 Å². The van der Waals surface area contributed by atoms with E-state index in [9.17, 15) is 9.59 Å². The Kier molecular flexibility index (Phi) is 5.98. The molecule has 1 saturated carbocycles. The zero-order valence-corrected chi connectivity index (χ0v) is 16.5. The number of anilines is 1. The van der Waals surface area contributed by atoms with E-state index in [-0.39, 0.29) is 24.6 Å². The van der Waals surface area contributed by atoms with Crippen molar-refractivity contribution in [1.29, 1.82) is 0 Å². The number of alkyl carbamates (subject to hydrolysis) is 1. The Morgan fingerprint density at radius 3 is 2.24 bits per heavy atom. The van der Waals surface area contributed by atoms with Gasteiger partial charge in [0.15, 0.2) is 0 Å². The van der Waals surface area contributed by atoms with E-state index >= 15 is 0 Å². The number of carbonyl (C=O) groups excluding carboxylic acids is 2. The summed E-state index contributed by atoms with van der Waals surface area (Å²) < 4.78 is 5.32. The summed E-state index contributed by atoms with van der Waals surface area (Å²) in [6.45, 7) is 1.85. The number of piperidine rings is 1. The third kappa shape index (κ3) is 5.28. The van der Waals surface area contributed by atoms with Crippen LogP contribution in [0.4, 0.5) is 10.5 Å². The lowest BCUT2D eigenvalue weighted by Crippen LogP contribution is -2.45. The maximum absolute atomic E-state index is 12.5. The minimum atomic E-state index is -0.378. The first-order valence-electron chi connectivity index (χ1n) is 10.3. The van der Waals surface area contributed by atoms with Crippen molar-refractivity contribution in [1.82, 2.24) is 10.6 Å². The number of benzene rings is 2. The van der Waals surface area contributed by atoms with Crippen molar-refractivity contribution < 1.29 is 14.3 Å². The van der Waals surface area contributed by atoms with Crippen LogP contribution in [0, 0.1) is 0 Å². The van der Waals surface area contributed by atoms with Crippen LogP contribution in [0.25, 0.3) is 0 Å². The minimum absolute atomic E-state index is 0.00726. The summed E-state index contributed by atoms with van der Waals surface area (Å²) in [7, 11) is 0. The van der Waals surface area contributed by atoms with Crippen LogP contribution in [0.2, 0.25) is 0 Å². The number of hydrogen-bond donors (Lipinski definition) is 2. The largest absolute Gasteiger partial charge is 0.445 e. The predicted molar refractivity (Wildman–Crippen MR) is 112 cm³/mol. The topological polar surface area (TPSA) is 70.7 Å². The van der Waals surface area contributed by atoms with E-state index in [2.05, 4.69) is 15.5 Å². The Balaban J connectivity index is 1.27. The molecule has 0 radical (unpaired) electrons. The third-order valence-corrected chi connectivity index (χ3v) is 5.43. The standard InChI is InChI=1S/C23H27N3O3/c27-22(24-18-10-11-18)20-8-4-5-9-21(20)26-14-12-19(13-15-26)25-23(28)29-16-17-6-2-1-3-7-17/h1-9,18-19H,10-16H2,(H,24,27)(H,25,28). The number of rotatable bonds is 6. The van der Waals surface area contributed by atoms with Crippen molar-refractivity contribution in [2.45, 2.75) is 44.4 Å². The second-order valence-corrected chi connectivity index (χ2v) is 7.73. The van der Waals surface area contributed by atoms with Gasteiger partial charge in [0.25, 0.3) is 5.91 Å². The quantitative estimate of drug-likeness (QED) is 0.788. The molecule has 2 amide bonds. The Morgan fingerprint density at radius 1 is 0.862 bits per heavy atom. The summed E-state index contributed by atoms with van der Waals surface area (Å²) in [6, 6.07) is 17.8. The molecule has 1 aliphatic heterocycles. The smallest absolute Gasteiger partial charge is 0.407 e. The summed E-state index contributed by atoms with van der Waals surface area (Å²) >= 11 is 0. The average molecular weight is 393 g/mol. The van der Waals surface area contributed by atoms with Gasteiger partial charge in [-0.1, -0.05) is 42.5 Å². The predicted octanol–water partition coefficient (Wildman–Crippen LogP) is 3.47. The molecule has 0 atom stereocenters. The number of hydrogen-bond acceptors (Lipinski definition) is 4. The van der Waals surface area contributed by atoms with Crippen LogP contribution in [0.1, 0.15) is 41.6 Å². The number of para-hydroxylation sites is 1. The molecule has 1 aliphatic carbocycles. The van der Waals surface area contributed by atoms with Crippen LogP contribution < -0.4 is 15.5 Å². The van der Waals surface area contributed by atoms with Gasteiger partial charge in [0.05, 0.1) is 5.56 Å². The van der Waals surface area contributed by atoms with Crippen molar-refractivity contribution in [2.75, 3.05) is 18.0 Å². The zero-order valence-electron chi connectivity index (χ0n) is 16.5. The summed E-state index contributed by atoms with van der Waals surface area (Å²) in [5.41, 5.74) is 2.67. The first-order valence-corrected chi connectivity index (χ1v) is 10.3. The van der Waals surface area contributed by atoms with Gasteiger partial charge in [-0.15, -0.1) is 0 Å². The normalized spacial score (nSPS) is 16.9. The first kappa shape index (κ1) is 19.3. The lowest BCUT2D eigenvalue weighted by Gasteiger charge is -2.34. The van der Waals surface area contributed by atoms with E-state index in [1.165, 1.54) is 0 Å². The molecule has 1 heterocycles. The van der Waals surface area contributed by atoms with Crippen LogP contribution >= 0.6 is 0 Å². The monoisotopic (exact) mass is 393 g/mol. The van der Waals surface area contributed by atoms with E-state index in [4.69, 9.17) is 4.74 Å². The van der Waals surface area contributed by atoms with Crippen molar-refractivity contribution in [2.24, 2.45) is 0 Å². The Labute approximate surface area is 171 Å². The number of carbonyl (C=O) groups is 2. The molecule has 0 bridgehead atoms. The lowest BCUT2D eigenvalue weighted by atomic mass is 10.0. The SMILES string of the molecule is O=C(NC1CCN(c2ccccc2C(=O)NC2CC2)CC1)OCc1ccccc1. The first-order chi connectivity index (χ1) is 14.2. The van der Waals surface area contributed by atoms with E-state index in [1.807, 2.05) is 54.6 Å². The molecule has 1 saturated heterocycles. The summed E-state index contributed by atoms with van der Waals surface area (Å²) in [4.78, 5) is 26.9. The molecule has 0 aromatic heterocycles. The van der Waals surface area contributed by atoms with E-state index in [1.54, 1.807) is 0 Å². The molecule has 2 fully saturated rings. The number of amides is 2. The highest BCUT2D eigenvalue weighted by Gasteiger charge is 2.27. The molecular weight excluding hydrogens is 366 g/mol. The number of ether oxygens (including phenoxy) is 1. The summed E-state index contributed by atoms with van der Waals surface area (Å²) in [6.07, 6.45) is 3.41. The van der Waals surface area contributed by atoms with Gasteiger partial charge in [-0.05, 0) is 43.4 Å². The maximum atomic E-state index is 12.5. The Bertz CT molecular complexity index is 843. The molecule has 0 unspecified atom stereocenters. The van der Waals surface area contributed by atoms with Gasteiger partial charge in [0, 0.05) is 30.9 Å². The van der Waals surface area contributed by atoms with Crippen LogP contribution in [0.5, 0.6) is 0 Å². The van der Waals surface area contributed by atoms with Crippen molar-refractivity contribution >= 4 is 17.7 Å². The average Bonchev–Trinajstić information content (AvgIpc) is 3.57. The zero-order chi connectivity index (χ0) is 20.1. The van der Waals surface area contributed by atoms with Gasteiger partial charge in [-0.25, -0.2) is 4.79 Å². The fraction of sp³-hybridized carbons (Fsp3) is 0.391. The Morgan fingerprint density at radius 2 is 1.52 bits per heavy atom. The molecule has 0 spiro atoms. The van der Waals surface area contributed by atoms with Crippen molar-refractivity contribution in [3.8, 4) is 0 Å². The van der Waals surface area contributed by atoms with Gasteiger partial charge in [-0.3, -0.25) is 4.79 Å². The number of nitrogens with zero attached hydrogens (tertiary/aromatic N) is 1. The molecule has 2 aliphatic rings. The second kappa shape index (κ2) is 8.99. The molecule has 4 rings (SSSR count). The van der Waals surface area contributed by atoms with Crippen molar-refractivity contribution in [3.63, 3.8) is 0 Å². The fourth-order valence-electron chi connectivity index (χ4n) is 3.63. The molecule has 6 heteroatoms. The van der Waals surface area contributed by atoms with E-state index < -0.39 is 0 Å². The minimum Gasteiger partial charge on any atom is -0.445 e. The summed E-state index contributed by atoms with van der Waals surface area (Å²) in [5, 5.41) is 6.04. The highest BCUT2D eigenvalue weighted by Crippen LogP contribution is 2.26.